The van der Waals surface area contributed by atoms with Crippen LogP contribution in [0.25, 0.3) is 0 Å². The summed E-state index contributed by atoms with van der Waals surface area (Å²) in [6.07, 6.45) is 0. The van der Waals surface area contributed by atoms with Gasteiger partial charge in [0.15, 0.2) is 0 Å². The fourth-order valence-corrected chi connectivity index (χ4v) is 1.71. The van der Waals surface area contributed by atoms with Gasteiger partial charge >= 0.3 is 5.69 Å². The number of imidazole rings is 1. The monoisotopic (exact) mass is 202 g/mol. The van der Waals surface area contributed by atoms with Crippen molar-refractivity contribution in [3.63, 3.8) is 0 Å². The highest BCUT2D eigenvalue weighted by molar-refractivity contribution is 7.79. The lowest BCUT2D eigenvalue weighted by molar-refractivity contribution is 0.414. The molecule has 0 aliphatic heterocycles. The zero-order valence-electron chi connectivity index (χ0n) is 7.82. The molecule has 74 valence electrons. The second kappa shape index (κ2) is 3.91. The standard InChI is InChI=1S/C8H14N2O2S/c1-3-9-6(5-13)7(11)10(4-2)8(9)12/h11,13H,3-5H2,1-2H3. The van der Waals surface area contributed by atoms with E-state index in [1.165, 1.54) is 9.13 Å². The van der Waals surface area contributed by atoms with Gasteiger partial charge in [-0.2, -0.15) is 12.6 Å². The fraction of sp³-hybridized carbons (Fsp3) is 0.625. The summed E-state index contributed by atoms with van der Waals surface area (Å²) in [6, 6.07) is 0. The van der Waals surface area contributed by atoms with Crippen molar-refractivity contribution in [3.8, 4) is 5.88 Å². The Labute approximate surface area is 82.2 Å². The molecule has 1 aromatic rings. The lowest BCUT2D eigenvalue weighted by atomic mass is 10.5. The van der Waals surface area contributed by atoms with Crippen molar-refractivity contribution in [2.75, 3.05) is 0 Å². The molecule has 0 fully saturated rings. The normalized spacial score (nSPS) is 10.7. The predicted octanol–water partition coefficient (Wildman–Crippen LogP) is 0.825. The number of thiol groups is 1. The van der Waals surface area contributed by atoms with Crippen LogP contribution in [0.2, 0.25) is 0 Å². The lowest BCUT2D eigenvalue weighted by Crippen LogP contribution is -2.23. The van der Waals surface area contributed by atoms with E-state index in [0.29, 0.717) is 24.5 Å². The first-order valence-electron chi connectivity index (χ1n) is 4.29. The van der Waals surface area contributed by atoms with E-state index in [-0.39, 0.29) is 11.6 Å². The number of aromatic nitrogens is 2. The van der Waals surface area contributed by atoms with Gasteiger partial charge in [0.25, 0.3) is 0 Å². The van der Waals surface area contributed by atoms with Crippen LogP contribution < -0.4 is 5.69 Å². The summed E-state index contributed by atoms with van der Waals surface area (Å²) < 4.78 is 2.88. The molecule has 1 heterocycles. The molecule has 0 atom stereocenters. The molecule has 0 aromatic carbocycles. The van der Waals surface area contributed by atoms with Crippen molar-refractivity contribution in [3.05, 3.63) is 16.2 Å². The highest BCUT2D eigenvalue weighted by Crippen LogP contribution is 2.17. The van der Waals surface area contributed by atoms with E-state index in [1.807, 2.05) is 13.8 Å². The van der Waals surface area contributed by atoms with Gasteiger partial charge in [-0.25, -0.2) is 4.79 Å². The van der Waals surface area contributed by atoms with Gasteiger partial charge in [-0.1, -0.05) is 0 Å². The van der Waals surface area contributed by atoms with Crippen molar-refractivity contribution in [1.82, 2.24) is 9.13 Å². The van der Waals surface area contributed by atoms with E-state index in [2.05, 4.69) is 12.6 Å². The summed E-state index contributed by atoms with van der Waals surface area (Å²) in [5.74, 6) is 0.423. The third kappa shape index (κ3) is 1.48. The number of hydrogen-bond donors (Lipinski definition) is 2. The van der Waals surface area contributed by atoms with Gasteiger partial charge < -0.3 is 5.11 Å². The van der Waals surface area contributed by atoms with E-state index in [4.69, 9.17) is 0 Å². The first-order chi connectivity index (χ1) is 6.17. The molecule has 1 rings (SSSR count). The van der Waals surface area contributed by atoms with Gasteiger partial charge in [-0.15, -0.1) is 0 Å². The van der Waals surface area contributed by atoms with Crippen molar-refractivity contribution in [2.24, 2.45) is 0 Å². The minimum Gasteiger partial charge on any atom is -0.493 e. The van der Waals surface area contributed by atoms with Gasteiger partial charge in [-0.05, 0) is 13.8 Å². The van der Waals surface area contributed by atoms with Crippen molar-refractivity contribution in [1.29, 1.82) is 0 Å². The third-order valence-corrected chi connectivity index (χ3v) is 2.38. The van der Waals surface area contributed by atoms with Gasteiger partial charge in [0.2, 0.25) is 5.88 Å². The molecule has 4 nitrogen and oxygen atoms in total. The Morgan fingerprint density at radius 2 is 1.85 bits per heavy atom. The van der Waals surface area contributed by atoms with Gasteiger partial charge in [0, 0.05) is 18.8 Å². The summed E-state index contributed by atoms with van der Waals surface area (Å²) in [5, 5.41) is 9.61. The fourth-order valence-electron chi connectivity index (χ4n) is 1.40. The van der Waals surface area contributed by atoms with Crippen LogP contribution in [0.15, 0.2) is 4.79 Å². The maximum atomic E-state index is 11.6. The SMILES string of the molecule is CCn1c(O)c(CS)n(CC)c1=O. The molecule has 13 heavy (non-hydrogen) atoms. The topological polar surface area (TPSA) is 47.2 Å². The maximum Gasteiger partial charge on any atom is 0.331 e. The minimum atomic E-state index is -0.161. The molecule has 0 amide bonds. The Morgan fingerprint density at radius 1 is 1.31 bits per heavy atom. The second-order valence-corrected chi connectivity index (χ2v) is 3.02. The molecule has 0 spiro atoms. The molecule has 0 aliphatic rings. The molecule has 0 saturated heterocycles. The molecule has 1 aromatic heterocycles. The molecule has 0 unspecified atom stereocenters. The zero-order chi connectivity index (χ0) is 10.0. The van der Waals surface area contributed by atoms with Crippen LogP contribution in [-0.4, -0.2) is 14.2 Å². The number of nitrogens with zero attached hydrogens (tertiary/aromatic N) is 2. The van der Waals surface area contributed by atoms with Crippen LogP contribution in [-0.2, 0) is 18.8 Å². The number of rotatable bonds is 3. The van der Waals surface area contributed by atoms with Crippen LogP contribution in [0.4, 0.5) is 0 Å². The van der Waals surface area contributed by atoms with Crippen LogP contribution in [0.3, 0.4) is 0 Å². The minimum absolute atomic E-state index is 0.0457. The van der Waals surface area contributed by atoms with E-state index in [9.17, 15) is 9.90 Å². The summed E-state index contributed by atoms with van der Waals surface area (Å²) in [5.41, 5.74) is 0.434. The maximum absolute atomic E-state index is 11.6. The molecule has 0 radical (unpaired) electrons. The first-order valence-corrected chi connectivity index (χ1v) is 4.92. The van der Waals surface area contributed by atoms with Crippen LogP contribution in [0.1, 0.15) is 19.5 Å². The number of aromatic hydroxyl groups is 1. The molecule has 0 saturated carbocycles. The Bertz CT molecular complexity index is 354. The molecule has 0 bridgehead atoms. The zero-order valence-corrected chi connectivity index (χ0v) is 8.71. The van der Waals surface area contributed by atoms with Gasteiger partial charge in [0.05, 0.1) is 5.69 Å². The van der Waals surface area contributed by atoms with E-state index in [1.54, 1.807) is 0 Å². The van der Waals surface area contributed by atoms with E-state index < -0.39 is 0 Å². The largest absolute Gasteiger partial charge is 0.493 e. The summed E-state index contributed by atoms with van der Waals surface area (Å²) in [6.45, 7) is 4.74. The van der Waals surface area contributed by atoms with Crippen LogP contribution in [0, 0.1) is 0 Å². The second-order valence-electron chi connectivity index (χ2n) is 2.70. The molecule has 1 N–H and O–H groups in total. The Balaban J connectivity index is 3.42. The third-order valence-electron chi connectivity index (χ3n) is 2.08. The van der Waals surface area contributed by atoms with Crippen LogP contribution >= 0.6 is 12.6 Å². The molecule has 5 heteroatoms. The summed E-state index contributed by atoms with van der Waals surface area (Å²) in [7, 11) is 0. The Morgan fingerprint density at radius 3 is 2.15 bits per heavy atom. The average Bonchev–Trinajstić information content (AvgIpc) is 2.36. The van der Waals surface area contributed by atoms with Gasteiger partial charge in [0.1, 0.15) is 0 Å². The van der Waals surface area contributed by atoms with Crippen molar-refractivity contribution in [2.45, 2.75) is 32.7 Å². The van der Waals surface area contributed by atoms with Crippen molar-refractivity contribution >= 4 is 12.6 Å². The summed E-state index contributed by atoms with van der Waals surface area (Å²) >= 11 is 4.07. The van der Waals surface area contributed by atoms with Crippen LogP contribution in [0.5, 0.6) is 5.88 Å². The quantitative estimate of drug-likeness (QED) is 0.713. The summed E-state index contributed by atoms with van der Waals surface area (Å²) in [4.78, 5) is 11.6. The predicted molar refractivity (Wildman–Crippen MR) is 54.4 cm³/mol. The van der Waals surface area contributed by atoms with Gasteiger partial charge in [-0.3, -0.25) is 9.13 Å². The highest BCUT2D eigenvalue weighted by Gasteiger charge is 2.15. The Hall–Kier alpha value is -0.840. The lowest BCUT2D eigenvalue weighted by Gasteiger charge is -1.99. The van der Waals surface area contributed by atoms with Crippen molar-refractivity contribution < 1.29 is 5.11 Å². The average molecular weight is 202 g/mol. The molecular weight excluding hydrogens is 188 g/mol. The number of hydrogen-bond acceptors (Lipinski definition) is 3. The first kappa shape index (κ1) is 10.2. The van der Waals surface area contributed by atoms with E-state index in [0.717, 1.165) is 0 Å². The Kier molecular flexibility index (Phi) is 3.08. The molecule has 0 aliphatic carbocycles. The smallest absolute Gasteiger partial charge is 0.331 e. The highest BCUT2D eigenvalue weighted by atomic mass is 32.1. The van der Waals surface area contributed by atoms with E-state index >= 15 is 0 Å². The molecular formula is C8H14N2O2S.